The molecule has 1 N–H and O–H groups in total. The van der Waals surface area contributed by atoms with Crippen molar-refractivity contribution in [1.29, 1.82) is 0 Å². The van der Waals surface area contributed by atoms with Crippen LogP contribution in [-0.2, 0) is 0 Å². The van der Waals surface area contributed by atoms with Crippen LogP contribution in [0.1, 0.15) is 17.7 Å². The Bertz CT molecular complexity index is 195. The van der Waals surface area contributed by atoms with E-state index in [1.807, 2.05) is 0 Å². The van der Waals surface area contributed by atoms with Crippen molar-refractivity contribution in [2.24, 2.45) is 0 Å². The number of aromatic amines is 1. The second-order valence-corrected chi connectivity index (χ2v) is 1.75. The van der Waals surface area contributed by atoms with E-state index in [9.17, 15) is 8.78 Å². The summed E-state index contributed by atoms with van der Waals surface area (Å²) in [6, 6.07) is 0. The molecule has 0 aliphatic heterocycles. The maximum absolute atomic E-state index is 11.8. The van der Waals surface area contributed by atoms with Gasteiger partial charge in [-0.15, -0.1) is 0 Å². The predicted molar refractivity (Wildman–Crippen MR) is 28.3 cm³/mol. The van der Waals surface area contributed by atoms with Crippen molar-refractivity contribution in [2.75, 3.05) is 0 Å². The van der Waals surface area contributed by atoms with Crippen molar-refractivity contribution in [3.8, 4) is 0 Å². The quantitative estimate of drug-likeness (QED) is 0.618. The van der Waals surface area contributed by atoms with Crippen LogP contribution in [0.3, 0.4) is 0 Å². The van der Waals surface area contributed by atoms with Gasteiger partial charge in [-0.3, -0.25) is 5.10 Å². The number of rotatable bonds is 1. The number of aromatic nitrogens is 2. The lowest BCUT2D eigenvalue weighted by molar-refractivity contribution is 0.145. The SMILES string of the molecule is Cc1c[nH]nc1C(F)F. The molecule has 4 heteroatoms. The molecule has 1 rings (SSSR count). The van der Waals surface area contributed by atoms with Gasteiger partial charge in [-0.2, -0.15) is 5.10 Å². The first-order valence-corrected chi connectivity index (χ1v) is 2.50. The van der Waals surface area contributed by atoms with Gasteiger partial charge >= 0.3 is 0 Å². The number of hydrogen-bond acceptors (Lipinski definition) is 1. The largest absolute Gasteiger partial charge is 0.285 e. The minimum absolute atomic E-state index is 0.157. The van der Waals surface area contributed by atoms with Gasteiger partial charge in [-0.25, -0.2) is 8.78 Å². The van der Waals surface area contributed by atoms with Crippen LogP contribution in [0.5, 0.6) is 0 Å². The first-order valence-electron chi connectivity index (χ1n) is 2.50. The molecular weight excluding hydrogens is 126 g/mol. The van der Waals surface area contributed by atoms with Gasteiger partial charge in [0.25, 0.3) is 6.43 Å². The van der Waals surface area contributed by atoms with Crippen molar-refractivity contribution in [3.63, 3.8) is 0 Å². The Balaban J connectivity index is 2.94. The van der Waals surface area contributed by atoms with Crippen molar-refractivity contribution in [3.05, 3.63) is 17.5 Å². The van der Waals surface area contributed by atoms with Gasteiger partial charge in [-0.05, 0) is 12.5 Å². The van der Waals surface area contributed by atoms with Crippen LogP contribution in [0, 0.1) is 6.92 Å². The van der Waals surface area contributed by atoms with Gasteiger partial charge in [0.1, 0.15) is 5.69 Å². The Morgan fingerprint density at radius 3 is 2.56 bits per heavy atom. The van der Waals surface area contributed by atoms with Crippen LogP contribution in [-0.4, -0.2) is 10.2 Å². The van der Waals surface area contributed by atoms with E-state index in [1.165, 1.54) is 6.20 Å². The number of alkyl halides is 2. The Labute approximate surface area is 50.9 Å². The van der Waals surface area contributed by atoms with Crippen molar-refractivity contribution >= 4 is 0 Å². The molecule has 9 heavy (non-hydrogen) atoms. The molecule has 0 spiro atoms. The molecule has 1 heterocycles. The lowest BCUT2D eigenvalue weighted by Gasteiger charge is -1.91. The molecule has 0 bridgehead atoms. The molecule has 0 atom stereocenters. The molecule has 0 aliphatic rings. The van der Waals surface area contributed by atoms with Crippen LogP contribution in [0.25, 0.3) is 0 Å². The van der Waals surface area contributed by atoms with Crippen LogP contribution >= 0.6 is 0 Å². The van der Waals surface area contributed by atoms with E-state index < -0.39 is 6.43 Å². The van der Waals surface area contributed by atoms with Gasteiger partial charge in [0.15, 0.2) is 0 Å². The molecule has 1 aromatic heterocycles. The summed E-state index contributed by atoms with van der Waals surface area (Å²) < 4.78 is 23.6. The number of nitrogens with zero attached hydrogens (tertiary/aromatic N) is 1. The summed E-state index contributed by atoms with van der Waals surface area (Å²) in [4.78, 5) is 0. The summed E-state index contributed by atoms with van der Waals surface area (Å²) in [5.74, 6) is 0. The third-order valence-electron chi connectivity index (χ3n) is 1.08. The monoisotopic (exact) mass is 132 g/mol. The Hall–Kier alpha value is -0.930. The van der Waals surface area contributed by atoms with Crippen LogP contribution in [0.4, 0.5) is 8.78 Å². The minimum atomic E-state index is -2.46. The van der Waals surface area contributed by atoms with Crippen molar-refractivity contribution in [2.45, 2.75) is 13.3 Å². The predicted octanol–water partition coefficient (Wildman–Crippen LogP) is 1.66. The summed E-state index contributed by atoms with van der Waals surface area (Å²) in [6.07, 6.45) is -1.02. The summed E-state index contributed by atoms with van der Waals surface area (Å²) in [5.41, 5.74) is 0.347. The summed E-state index contributed by atoms with van der Waals surface area (Å²) in [6.45, 7) is 1.59. The molecule has 0 aromatic carbocycles. The zero-order chi connectivity index (χ0) is 6.85. The Morgan fingerprint density at radius 2 is 2.33 bits per heavy atom. The zero-order valence-corrected chi connectivity index (χ0v) is 4.86. The first kappa shape index (κ1) is 6.19. The lowest BCUT2D eigenvalue weighted by Crippen LogP contribution is -1.85. The normalized spacial score (nSPS) is 10.7. The molecule has 2 nitrogen and oxygen atoms in total. The summed E-state index contributed by atoms with van der Waals surface area (Å²) >= 11 is 0. The van der Waals surface area contributed by atoms with Crippen LogP contribution in [0.15, 0.2) is 6.20 Å². The highest BCUT2D eigenvalue weighted by Gasteiger charge is 2.11. The van der Waals surface area contributed by atoms with E-state index in [4.69, 9.17) is 0 Å². The molecule has 0 unspecified atom stereocenters. The molecule has 0 aliphatic carbocycles. The fourth-order valence-electron chi connectivity index (χ4n) is 0.582. The van der Waals surface area contributed by atoms with E-state index in [0.717, 1.165) is 0 Å². The molecule has 0 saturated heterocycles. The average Bonchev–Trinajstić information content (AvgIpc) is 2.13. The van der Waals surface area contributed by atoms with E-state index in [0.29, 0.717) is 5.56 Å². The van der Waals surface area contributed by atoms with Crippen molar-refractivity contribution < 1.29 is 8.78 Å². The zero-order valence-electron chi connectivity index (χ0n) is 4.86. The van der Waals surface area contributed by atoms with Gasteiger partial charge in [0.2, 0.25) is 0 Å². The van der Waals surface area contributed by atoms with Gasteiger partial charge < -0.3 is 0 Å². The third-order valence-corrected chi connectivity index (χ3v) is 1.08. The van der Waals surface area contributed by atoms with Crippen LogP contribution < -0.4 is 0 Å². The van der Waals surface area contributed by atoms with Crippen LogP contribution in [0.2, 0.25) is 0 Å². The van der Waals surface area contributed by atoms with E-state index in [1.54, 1.807) is 6.92 Å². The van der Waals surface area contributed by atoms with Gasteiger partial charge in [0.05, 0.1) is 0 Å². The minimum Gasteiger partial charge on any atom is -0.285 e. The van der Waals surface area contributed by atoms with E-state index in [-0.39, 0.29) is 5.69 Å². The first-order chi connectivity index (χ1) is 4.22. The topological polar surface area (TPSA) is 28.7 Å². The number of H-pyrrole nitrogens is 1. The van der Waals surface area contributed by atoms with Crippen molar-refractivity contribution in [1.82, 2.24) is 10.2 Å². The van der Waals surface area contributed by atoms with E-state index >= 15 is 0 Å². The van der Waals surface area contributed by atoms with Gasteiger partial charge in [-0.1, -0.05) is 0 Å². The molecule has 1 aromatic rings. The maximum Gasteiger partial charge on any atom is 0.282 e. The second-order valence-electron chi connectivity index (χ2n) is 1.75. The number of aryl methyl sites for hydroxylation is 1. The fraction of sp³-hybridized carbons (Fsp3) is 0.400. The Morgan fingerprint density at radius 1 is 1.67 bits per heavy atom. The Kier molecular flexibility index (Phi) is 1.46. The standard InChI is InChI=1S/C5H6F2N2/c1-3-2-8-9-4(3)5(6)7/h2,5H,1H3,(H,8,9). The molecule has 50 valence electrons. The summed E-state index contributed by atoms with van der Waals surface area (Å²) in [5, 5.41) is 5.69. The second kappa shape index (κ2) is 2.13. The number of halogens is 2. The van der Waals surface area contributed by atoms with Gasteiger partial charge in [0, 0.05) is 6.20 Å². The highest BCUT2D eigenvalue weighted by atomic mass is 19.3. The molecular formula is C5H6F2N2. The van der Waals surface area contributed by atoms with E-state index in [2.05, 4.69) is 10.2 Å². The highest BCUT2D eigenvalue weighted by Crippen LogP contribution is 2.18. The molecule has 0 amide bonds. The molecule has 0 fully saturated rings. The third kappa shape index (κ3) is 1.06. The fourth-order valence-corrected chi connectivity index (χ4v) is 0.582. The maximum atomic E-state index is 11.8. The highest BCUT2D eigenvalue weighted by molar-refractivity contribution is 5.14. The average molecular weight is 132 g/mol. The number of hydrogen-bond donors (Lipinski definition) is 1. The molecule has 0 radical (unpaired) electrons. The summed E-state index contributed by atoms with van der Waals surface area (Å²) in [7, 11) is 0. The smallest absolute Gasteiger partial charge is 0.282 e. The molecule has 0 saturated carbocycles. The number of nitrogens with one attached hydrogen (secondary N) is 1. The lowest BCUT2D eigenvalue weighted by atomic mass is 10.3.